The van der Waals surface area contributed by atoms with Gasteiger partial charge in [0.15, 0.2) is 11.2 Å². The molecule has 0 aliphatic carbocycles. The summed E-state index contributed by atoms with van der Waals surface area (Å²) in [5.74, 6) is -0.939. The SMILES string of the molecule is O=c1c2c(ncn2Cc2cccc(F)c2)n(-c2cccc(Cl)c2)c(=O)n1Cc1ccccc1F. The van der Waals surface area contributed by atoms with Gasteiger partial charge in [-0.15, -0.1) is 0 Å². The number of nitrogens with zero attached hydrogens (tertiary/aromatic N) is 4. The molecule has 0 bridgehead atoms. The molecule has 0 fully saturated rings. The van der Waals surface area contributed by atoms with Crippen molar-refractivity contribution in [2.24, 2.45) is 0 Å². The maximum atomic E-state index is 14.4. The summed E-state index contributed by atoms with van der Waals surface area (Å²) >= 11 is 6.15. The van der Waals surface area contributed by atoms with E-state index in [1.165, 1.54) is 41.2 Å². The van der Waals surface area contributed by atoms with Crippen LogP contribution in [0.15, 0.2) is 88.7 Å². The quantitative estimate of drug-likeness (QED) is 0.377. The summed E-state index contributed by atoms with van der Waals surface area (Å²) < 4.78 is 31.9. The van der Waals surface area contributed by atoms with Crippen LogP contribution in [0.4, 0.5) is 8.78 Å². The minimum Gasteiger partial charge on any atom is -0.320 e. The average Bonchev–Trinajstić information content (AvgIpc) is 3.21. The predicted octanol–water partition coefficient (Wildman–Crippen LogP) is 4.38. The van der Waals surface area contributed by atoms with Gasteiger partial charge in [0.25, 0.3) is 5.56 Å². The van der Waals surface area contributed by atoms with Crippen LogP contribution in [0.3, 0.4) is 0 Å². The van der Waals surface area contributed by atoms with E-state index in [-0.39, 0.29) is 29.8 Å². The molecule has 5 rings (SSSR count). The maximum absolute atomic E-state index is 14.4. The van der Waals surface area contributed by atoms with Crippen molar-refractivity contribution in [3.8, 4) is 5.69 Å². The lowest BCUT2D eigenvalue weighted by atomic mass is 10.2. The number of benzene rings is 3. The number of hydrogen-bond acceptors (Lipinski definition) is 3. The first-order valence-electron chi connectivity index (χ1n) is 10.4. The van der Waals surface area contributed by atoms with E-state index in [0.29, 0.717) is 16.3 Å². The van der Waals surface area contributed by atoms with Crippen molar-refractivity contribution in [3.05, 3.63) is 128 Å². The van der Waals surface area contributed by atoms with Crippen LogP contribution in [0.25, 0.3) is 16.9 Å². The molecule has 0 aliphatic rings. The minimum absolute atomic E-state index is 0.124. The summed E-state index contributed by atoms with van der Waals surface area (Å²) in [4.78, 5) is 31.4. The molecule has 6 nitrogen and oxygen atoms in total. The smallest absolute Gasteiger partial charge is 0.320 e. The summed E-state index contributed by atoms with van der Waals surface area (Å²) in [7, 11) is 0. The molecule has 0 spiro atoms. The van der Waals surface area contributed by atoms with E-state index in [1.807, 2.05) is 0 Å². The Hall–Kier alpha value is -4.04. The molecule has 170 valence electrons. The molecule has 0 aliphatic heterocycles. The summed E-state index contributed by atoms with van der Waals surface area (Å²) in [5.41, 5.74) is 0.142. The molecule has 0 N–H and O–H groups in total. The highest BCUT2D eigenvalue weighted by Crippen LogP contribution is 2.18. The van der Waals surface area contributed by atoms with E-state index in [1.54, 1.807) is 47.0 Å². The second kappa shape index (κ2) is 8.72. The lowest BCUT2D eigenvalue weighted by molar-refractivity contribution is 0.586. The van der Waals surface area contributed by atoms with E-state index < -0.39 is 22.9 Å². The minimum atomic E-state index is -0.681. The van der Waals surface area contributed by atoms with Gasteiger partial charge in [-0.25, -0.2) is 23.1 Å². The van der Waals surface area contributed by atoms with Crippen molar-refractivity contribution >= 4 is 22.8 Å². The zero-order valence-corrected chi connectivity index (χ0v) is 18.4. The van der Waals surface area contributed by atoms with Crippen molar-refractivity contribution in [1.82, 2.24) is 18.7 Å². The lowest BCUT2D eigenvalue weighted by Gasteiger charge is -2.13. The molecule has 2 aromatic heterocycles. The molecule has 0 radical (unpaired) electrons. The van der Waals surface area contributed by atoms with Crippen molar-refractivity contribution in [2.75, 3.05) is 0 Å². The van der Waals surface area contributed by atoms with E-state index in [4.69, 9.17) is 11.6 Å². The first-order chi connectivity index (χ1) is 16.4. The second-order valence-electron chi connectivity index (χ2n) is 7.76. The first-order valence-corrected chi connectivity index (χ1v) is 10.7. The Morgan fingerprint density at radius 2 is 1.68 bits per heavy atom. The molecule has 2 heterocycles. The molecule has 5 aromatic rings. The fraction of sp³-hybridized carbons (Fsp3) is 0.0800. The molecule has 0 unspecified atom stereocenters. The molecular formula is C25H17ClF2N4O2. The molecule has 3 aromatic carbocycles. The molecule has 0 saturated carbocycles. The van der Waals surface area contributed by atoms with Crippen LogP contribution in [0.1, 0.15) is 11.1 Å². The maximum Gasteiger partial charge on any atom is 0.337 e. The Morgan fingerprint density at radius 1 is 0.882 bits per heavy atom. The van der Waals surface area contributed by atoms with Crippen LogP contribution < -0.4 is 11.2 Å². The van der Waals surface area contributed by atoms with Gasteiger partial charge in [-0.2, -0.15) is 0 Å². The van der Waals surface area contributed by atoms with Crippen LogP contribution in [-0.2, 0) is 13.1 Å². The highest BCUT2D eigenvalue weighted by molar-refractivity contribution is 6.30. The van der Waals surface area contributed by atoms with Gasteiger partial charge in [0, 0.05) is 17.1 Å². The molecule has 0 atom stereocenters. The van der Waals surface area contributed by atoms with Gasteiger partial charge in [0.1, 0.15) is 11.6 Å². The Kier molecular flexibility index (Phi) is 5.59. The Morgan fingerprint density at radius 3 is 2.44 bits per heavy atom. The Bertz CT molecular complexity index is 1660. The van der Waals surface area contributed by atoms with E-state index in [2.05, 4.69) is 4.98 Å². The summed E-state index contributed by atoms with van der Waals surface area (Å²) in [6, 6.07) is 18.5. The summed E-state index contributed by atoms with van der Waals surface area (Å²) in [5, 5.41) is 0.392. The van der Waals surface area contributed by atoms with Gasteiger partial charge < -0.3 is 4.57 Å². The molecule has 0 amide bonds. The van der Waals surface area contributed by atoms with Gasteiger partial charge in [-0.3, -0.25) is 9.36 Å². The topological polar surface area (TPSA) is 61.8 Å². The Labute approximate surface area is 196 Å². The monoisotopic (exact) mass is 478 g/mol. The fourth-order valence-electron chi connectivity index (χ4n) is 3.92. The normalized spacial score (nSPS) is 11.3. The largest absolute Gasteiger partial charge is 0.337 e. The van der Waals surface area contributed by atoms with Gasteiger partial charge in [0.05, 0.1) is 18.6 Å². The van der Waals surface area contributed by atoms with Gasteiger partial charge in [0.2, 0.25) is 0 Å². The van der Waals surface area contributed by atoms with Gasteiger partial charge >= 0.3 is 5.69 Å². The van der Waals surface area contributed by atoms with Crippen molar-refractivity contribution in [3.63, 3.8) is 0 Å². The third kappa shape index (κ3) is 3.92. The van der Waals surface area contributed by atoms with Crippen molar-refractivity contribution in [1.29, 1.82) is 0 Å². The lowest BCUT2D eigenvalue weighted by Crippen LogP contribution is -2.40. The van der Waals surface area contributed by atoms with Crippen LogP contribution in [-0.4, -0.2) is 18.7 Å². The number of fused-ring (bicyclic) bond motifs is 1. The summed E-state index contributed by atoms with van der Waals surface area (Å²) in [6.07, 6.45) is 1.42. The highest BCUT2D eigenvalue weighted by Gasteiger charge is 2.20. The third-order valence-corrected chi connectivity index (χ3v) is 5.73. The standard InChI is InChI=1S/C25H17ClF2N4O2/c26-18-7-4-9-20(12-18)32-23-22(30(15-29-23)13-16-5-3-8-19(27)11-16)24(33)31(25(32)34)14-17-6-1-2-10-21(17)28/h1-12,15H,13-14H2. The number of halogens is 3. The van der Waals surface area contributed by atoms with E-state index >= 15 is 0 Å². The first kappa shape index (κ1) is 21.8. The van der Waals surface area contributed by atoms with Crippen LogP contribution >= 0.6 is 11.6 Å². The second-order valence-corrected chi connectivity index (χ2v) is 8.19. The number of hydrogen-bond donors (Lipinski definition) is 0. The van der Waals surface area contributed by atoms with Crippen LogP contribution in [0.5, 0.6) is 0 Å². The summed E-state index contributed by atoms with van der Waals surface area (Å²) in [6.45, 7) is -0.122. The Balaban J connectivity index is 1.78. The molecule has 0 saturated heterocycles. The van der Waals surface area contributed by atoms with E-state index in [9.17, 15) is 18.4 Å². The van der Waals surface area contributed by atoms with Crippen LogP contribution in [0.2, 0.25) is 5.02 Å². The molecule has 9 heteroatoms. The van der Waals surface area contributed by atoms with Gasteiger partial charge in [-0.05, 0) is 42.0 Å². The number of rotatable bonds is 5. The van der Waals surface area contributed by atoms with Crippen molar-refractivity contribution in [2.45, 2.75) is 13.1 Å². The zero-order valence-electron chi connectivity index (χ0n) is 17.7. The molecule has 34 heavy (non-hydrogen) atoms. The number of imidazole rings is 1. The van der Waals surface area contributed by atoms with E-state index in [0.717, 1.165) is 4.57 Å². The van der Waals surface area contributed by atoms with Crippen molar-refractivity contribution < 1.29 is 8.78 Å². The average molecular weight is 479 g/mol. The van der Waals surface area contributed by atoms with Gasteiger partial charge in [-0.1, -0.05) is 48.0 Å². The third-order valence-electron chi connectivity index (χ3n) is 5.49. The predicted molar refractivity (Wildman–Crippen MR) is 126 cm³/mol. The number of aromatic nitrogens is 4. The molecular weight excluding hydrogens is 462 g/mol. The highest BCUT2D eigenvalue weighted by atomic mass is 35.5. The fourth-order valence-corrected chi connectivity index (χ4v) is 4.10. The van der Waals surface area contributed by atoms with Crippen LogP contribution in [0, 0.1) is 11.6 Å². The zero-order chi connectivity index (χ0) is 23.8.